The fourth-order valence-corrected chi connectivity index (χ4v) is 3.63. The van der Waals surface area contributed by atoms with Crippen molar-refractivity contribution in [2.45, 2.75) is 13.8 Å². The van der Waals surface area contributed by atoms with Gasteiger partial charge in [-0.25, -0.2) is 0 Å². The van der Waals surface area contributed by atoms with E-state index in [0.717, 1.165) is 16.8 Å². The normalized spacial score (nSPS) is 15.8. The summed E-state index contributed by atoms with van der Waals surface area (Å²) in [5, 5.41) is 0. The number of benzene rings is 2. The summed E-state index contributed by atoms with van der Waals surface area (Å²) in [6.45, 7) is 3.35. The van der Waals surface area contributed by atoms with Gasteiger partial charge in [0.15, 0.2) is 4.32 Å². The van der Waals surface area contributed by atoms with Crippen molar-refractivity contribution >= 4 is 51.9 Å². The van der Waals surface area contributed by atoms with E-state index in [1.165, 1.54) is 18.7 Å². The predicted octanol–water partition coefficient (Wildman–Crippen LogP) is 4.33. The zero-order chi connectivity index (χ0) is 18.0. The van der Waals surface area contributed by atoms with E-state index in [1.807, 2.05) is 31.2 Å². The SMILES string of the molecule is CC(=O)Oc1ccc(/C=C2\SC(=S)N(c3ccc(C)cc3)C2=O)cc1. The third-order valence-electron chi connectivity index (χ3n) is 3.53. The molecule has 1 aliphatic rings. The molecule has 1 amide bonds. The lowest BCUT2D eigenvalue weighted by molar-refractivity contribution is -0.131. The number of aryl methyl sites for hydroxylation is 1. The highest BCUT2D eigenvalue weighted by atomic mass is 32.2. The molecule has 0 N–H and O–H groups in total. The van der Waals surface area contributed by atoms with Crippen LogP contribution >= 0.6 is 24.0 Å². The van der Waals surface area contributed by atoms with Crippen LogP contribution in [0, 0.1) is 6.92 Å². The van der Waals surface area contributed by atoms with Crippen LogP contribution in [0.3, 0.4) is 0 Å². The fourth-order valence-electron chi connectivity index (χ4n) is 2.33. The molecular weight excluding hydrogens is 354 g/mol. The highest BCUT2D eigenvalue weighted by molar-refractivity contribution is 8.27. The van der Waals surface area contributed by atoms with Crippen LogP contribution in [0.1, 0.15) is 18.1 Å². The van der Waals surface area contributed by atoms with Crippen LogP contribution in [0.5, 0.6) is 5.75 Å². The van der Waals surface area contributed by atoms with E-state index in [-0.39, 0.29) is 11.9 Å². The number of nitrogens with zero attached hydrogens (tertiary/aromatic N) is 1. The van der Waals surface area contributed by atoms with Crippen molar-refractivity contribution < 1.29 is 14.3 Å². The number of amides is 1. The van der Waals surface area contributed by atoms with E-state index < -0.39 is 0 Å². The Kier molecular flexibility index (Phi) is 5.01. The van der Waals surface area contributed by atoms with Gasteiger partial charge in [-0.05, 0) is 42.8 Å². The standard InChI is InChI=1S/C19H15NO3S2/c1-12-3-7-15(8-4-12)20-18(22)17(25-19(20)24)11-14-5-9-16(10-6-14)23-13(2)21/h3-11H,1-2H3/b17-11-. The summed E-state index contributed by atoms with van der Waals surface area (Å²) in [7, 11) is 0. The van der Waals surface area contributed by atoms with Crippen molar-refractivity contribution in [1.82, 2.24) is 0 Å². The van der Waals surface area contributed by atoms with Crippen molar-refractivity contribution in [3.05, 3.63) is 64.6 Å². The molecule has 0 spiro atoms. The molecule has 0 aromatic heterocycles. The number of ether oxygens (including phenoxy) is 1. The second kappa shape index (κ2) is 7.21. The Morgan fingerprint density at radius 2 is 1.76 bits per heavy atom. The molecule has 126 valence electrons. The molecule has 0 saturated carbocycles. The summed E-state index contributed by atoms with van der Waals surface area (Å²) in [5.74, 6) is -0.0357. The van der Waals surface area contributed by atoms with Gasteiger partial charge in [0, 0.05) is 6.92 Å². The molecule has 1 saturated heterocycles. The molecular formula is C19H15NO3S2. The van der Waals surface area contributed by atoms with E-state index >= 15 is 0 Å². The molecule has 1 heterocycles. The summed E-state index contributed by atoms with van der Waals surface area (Å²) in [5.41, 5.74) is 2.72. The minimum absolute atomic E-state index is 0.136. The lowest BCUT2D eigenvalue weighted by atomic mass is 10.2. The summed E-state index contributed by atoms with van der Waals surface area (Å²) in [6, 6.07) is 14.6. The van der Waals surface area contributed by atoms with Crippen molar-refractivity contribution in [2.75, 3.05) is 4.90 Å². The molecule has 3 rings (SSSR count). The van der Waals surface area contributed by atoms with Crippen LogP contribution in [0.15, 0.2) is 53.4 Å². The molecule has 4 nitrogen and oxygen atoms in total. The van der Waals surface area contributed by atoms with Gasteiger partial charge >= 0.3 is 5.97 Å². The van der Waals surface area contributed by atoms with Gasteiger partial charge in [-0.1, -0.05) is 53.8 Å². The number of anilines is 1. The minimum atomic E-state index is -0.369. The Bertz CT molecular complexity index is 871. The minimum Gasteiger partial charge on any atom is -0.427 e. The van der Waals surface area contributed by atoms with Gasteiger partial charge in [-0.15, -0.1) is 0 Å². The first kappa shape index (κ1) is 17.4. The van der Waals surface area contributed by atoms with Crippen molar-refractivity contribution in [2.24, 2.45) is 0 Å². The number of rotatable bonds is 3. The fraction of sp³-hybridized carbons (Fsp3) is 0.105. The quantitative estimate of drug-likeness (QED) is 0.349. The lowest BCUT2D eigenvalue weighted by Gasteiger charge is -2.14. The largest absolute Gasteiger partial charge is 0.427 e. The molecule has 0 unspecified atom stereocenters. The van der Waals surface area contributed by atoms with E-state index in [4.69, 9.17) is 17.0 Å². The van der Waals surface area contributed by atoms with Crippen molar-refractivity contribution in [1.29, 1.82) is 0 Å². The maximum absolute atomic E-state index is 12.7. The molecule has 0 radical (unpaired) electrons. The third-order valence-corrected chi connectivity index (χ3v) is 4.83. The summed E-state index contributed by atoms with van der Waals surface area (Å²) >= 11 is 6.64. The van der Waals surface area contributed by atoms with E-state index in [0.29, 0.717) is 15.0 Å². The number of thiocarbonyl (C=S) groups is 1. The highest BCUT2D eigenvalue weighted by Gasteiger charge is 2.33. The van der Waals surface area contributed by atoms with Gasteiger partial charge in [0.2, 0.25) is 0 Å². The first-order valence-electron chi connectivity index (χ1n) is 7.57. The van der Waals surface area contributed by atoms with Crippen LogP contribution in [0.25, 0.3) is 6.08 Å². The van der Waals surface area contributed by atoms with Crippen LogP contribution < -0.4 is 9.64 Å². The van der Waals surface area contributed by atoms with E-state index in [2.05, 4.69) is 0 Å². The van der Waals surface area contributed by atoms with Crippen LogP contribution in [0.4, 0.5) is 5.69 Å². The number of esters is 1. The Morgan fingerprint density at radius 3 is 2.36 bits per heavy atom. The molecule has 2 aromatic rings. The summed E-state index contributed by atoms with van der Waals surface area (Å²) in [4.78, 5) is 25.7. The van der Waals surface area contributed by atoms with Gasteiger partial charge in [0.05, 0.1) is 10.6 Å². The van der Waals surface area contributed by atoms with Crippen molar-refractivity contribution in [3.8, 4) is 5.75 Å². The van der Waals surface area contributed by atoms with E-state index in [1.54, 1.807) is 35.2 Å². The second-order valence-corrected chi connectivity index (χ2v) is 7.19. The average molecular weight is 369 g/mol. The lowest BCUT2D eigenvalue weighted by Crippen LogP contribution is -2.27. The number of hydrogen-bond acceptors (Lipinski definition) is 5. The van der Waals surface area contributed by atoms with Crippen LogP contribution in [-0.2, 0) is 9.59 Å². The molecule has 0 atom stereocenters. The Morgan fingerprint density at radius 1 is 1.12 bits per heavy atom. The number of thioether (sulfide) groups is 1. The third kappa shape index (κ3) is 3.97. The topological polar surface area (TPSA) is 46.6 Å². The maximum atomic E-state index is 12.7. The average Bonchev–Trinajstić information content (AvgIpc) is 2.84. The van der Waals surface area contributed by atoms with Gasteiger partial charge in [-0.3, -0.25) is 14.5 Å². The Balaban J connectivity index is 1.82. The van der Waals surface area contributed by atoms with Crippen LogP contribution in [0.2, 0.25) is 0 Å². The first-order chi connectivity index (χ1) is 11.9. The van der Waals surface area contributed by atoms with Crippen molar-refractivity contribution in [3.63, 3.8) is 0 Å². The number of carbonyl (C=O) groups is 2. The van der Waals surface area contributed by atoms with Gasteiger partial charge in [0.1, 0.15) is 5.75 Å². The molecule has 1 aliphatic heterocycles. The van der Waals surface area contributed by atoms with Gasteiger partial charge in [0.25, 0.3) is 5.91 Å². The second-order valence-electron chi connectivity index (χ2n) is 5.52. The Labute approximate surface area is 155 Å². The van der Waals surface area contributed by atoms with Crippen LogP contribution in [-0.4, -0.2) is 16.2 Å². The Hall–Kier alpha value is -2.44. The predicted molar refractivity (Wildman–Crippen MR) is 105 cm³/mol. The molecule has 1 fully saturated rings. The molecule has 0 aliphatic carbocycles. The summed E-state index contributed by atoms with van der Waals surface area (Å²) < 4.78 is 5.51. The molecule has 25 heavy (non-hydrogen) atoms. The molecule has 2 aromatic carbocycles. The zero-order valence-corrected chi connectivity index (χ0v) is 15.3. The smallest absolute Gasteiger partial charge is 0.308 e. The van der Waals surface area contributed by atoms with Gasteiger partial charge < -0.3 is 4.74 Å². The molecule has 0 bridgehead atoms. The monoisotopic (exact) mass is 369 g/mol. The maximum Gasteiger partial charge on any atom is 0.308 e. The first-order valence-corrected chi connectivity index (χ1v) is 8.79. The molecule has 6 heteroatoms. The number of carbonyl (C=O) groups excluding carboxylic acids is 2. The van der Waals surface area contributed by atoms with E-state index in [9.17, 15) is 9.59 Å². The summed E-state index contributed by atoms with van der Waals surface area (Å²) in [6.07, 6.45) is 1.78. The highest BCUT2D eigenvalue weighted by Crippen LogP contribution is 2.36. The number of hydrogen-bond donors (Lipinski definition) is 0. The zero-order valence-electron chi connectivity index (χ0n) is 13.7. The van der Waals surface area contributed by atoms with Gasteiger partial charge in [-0.2, -0.15) is 0 Å².